The van der Waals surface area contributed by atoms with Gasteiger partial charge in [-0.1, -0.05) is 0 Å². The number of hydrogen-bond acceptors (Lipinski definition) is 7. The van der Waals surface area contributed by atoms with Crippen LogP contribution in [0.2, 0.25) is 0 Å². The lowest BCUT2D eigenvalue weighted by molar-refractivity contribution is 0.134. The van der Waals surface area contributed by atoms with Crippen LogP contribution in [0.15, 0.2) is 21.8 Å². The molecule has 0 radical (unpaired) electrons. The molecule has 2 N–H and O–H groups in total. The molecular formula is C13H18BrN3O6S. The summed E-state index contributed by atoms with van der Waals surface area (Å²) in [6, 6.07) is 2.90. The van der Waals surface area contributed by atoms with Crippen LogP contribution in [0, 0.1) is 0 Å². The van der Waals surface area contributed by atoms with Gasteiger partial charge in [0.15, 0.2) is 14.9 Å². The number of aromatic nitrogens is 1. The van der Waals surface area contributed by atoms with Crippen LogP contribution >= 0.6 is 15.9 Å². The number of nitrogens with zero attached hydrogens (tertiary/aromatic N) is 1. The van der Waals surface area contributed by atoms with E-state index in [1.165, 1.54) is 12.1 Å². The minimum absolute atomic E-state index is 0.0711. The summed E-state index contributed by atoms with van der Waals surface area (Å²) in [6.07, 6.45) is -1.89. The second kappa shape index (κ2) is 8.83. The molecule has 24 heavy (non-hydrogen) atoms. The molecule has 9 nitrogen and oxygen atoms in total. The Labute approximate surface area is 148 Å². The first-order valence-electron chi connectivity index (χ1n) is 6.92. The maximum Gasteiger partial charge on any atom is 0.409 e. The van der Waals surface area contributed by atoms with Crippen molar-refractivity contribution in [1.29, 1.82) is 0 Å². The third kappa shape index (κ3) is 5.96. The Morgan fingerprint density at radius 1 is 1.17 bits per heavy atom. The van der Waals surface area contributed by atoms with E-state index in [1.54, 1.807) is 13.8 Å². The Bertz CT molecular complexity index is 690. The molecule has 1 aromatic heterocycles. The van der Waals surface area contributed by atoms with Crippen LogP contribution in [0.25, 0.3) is 0 Å². The van der Waals surface area contributed by atoms with E-state index in [0.717, 1.165) is 6.26 Å². The van der Waals surface area contributed by atoms with Crippen molar-refractivity contribution in [3.63, 3.8) is 0 Å². The Hall–Kier alpha value is -1.88. The first-order valence-corrected chi connectivity index (χ1v) is 9.60. The van der Waals surface area contributed by atoms with Gasteiger partial charge in [0.25, 0.3) is 0 Å². The van der Waals surface area contributed by atoms with E-state index in [4.69, 9.17) is 9.47 Å². The summed E-state index contributed by atoms with van der Waals surface area (Å²) in [5.74, 6) is 0. The first kappa shape index (κ1) is 20.2. The molecule has 0 bridgehead atoms. The Balaban J connectivity index is 3.27. The average Bonchev–Trinajstić information content (AvgIpc) is 2.46. The van der Waals surface area contributed by atoms with Crippen molar-refractivity contribution in [3.8, 4) is 0 Å². The van der Waals surface area contributed by atoms with Gasteiger partial charge >= 0.3 is 12.2 Å². The standard InChI is InChI=1S/C13H18BrN3O6S/c1-4-22-12(18)16-10(17-13(19)23-5-2)8-6-7-9(14)15-11(8)24(3,20)21/h6-7,10H,4-5H2,1-3H3,(H,16,18)(H,17,19). The zero-order valence-electron chi connectivity index (χ0n) is 13.3. The molecule has 1 aromatic rings. The Morgan fingerprint density at radius 2 is 1.67 bits per heavy atom. The number of rotatable bonds is 6. The van der Waals surface area contributed by atoms with Crippen LogP contribution in [0.1, 0.15) is 25.6 Å². The van der Waals surface area contributed by atoms with Crippen LogP contribution in [-0.4, -0.2) is 45.1 Å². The Kier molecular flexibility index (Phi) is 7.42. The smallest absolute Gasteiger partial charge is 0.409 e. The van der Waals surface area contributed by atoms with Crippen molar-refractivity contribution in [1.82, 2.24) is 15.6 Å². The fraction of sp³-hybridized carbons (Fsp3) is 0.462. The molecule has 0 aromatic carbocycles. The molecule has 134 valence electrons. The van der Waals surface area contributed by atoms with Gasteiger partial charge in [-0.15, -0.1) is 0 Å². The highest BCUT2D eigenvalue weighted by molar-refractivity contribution is 9.10. The third-order valence-electron chi connectivity index (χ3n) is 2.59. The SMILES string of the molecule is CCOC(=O)NC(NC(=O)OCC)c1ccc(Br)nc1S(C)(=O)=O. The highest BCUT2D eigenvalue weighted by Gasteiger charge is 2.26. The first-order chi connectivity index (χ1) is 11.2. The van der Waals surface area contributed by atoms with E-state index in [0.29, 0.717) is 0 Å². The van der Waals surface area contributed by atoms with Crippen molar-refractivity contribution in [2.75, 3.05) is 19.5 Å². The van der Waals surface area contributed by atoms with Gasteiger partial charge in [-0.25, -0.2) is 23.0 Å². The molecule has 0 aliphatic rings. The summed E-state index contributed by atoms with van der Waals surface area (Å²) in [5.41, 5.74) is 0.0711. The number of nitrogens with one attached hydrogen (secondary N) is 2. The summed E-state index contributed by atoms with van der Waals surface area (Å²) in [4.78, 5) is 27.3. The second-order valence-corrected chi connectivity index (χ2v) is 7.21. The van der Waals surface area contributed by atoms with Crippen LogP contribution in [-0.2, 0) is 19.3 Å². The average molecular weight is 424 g/mol. The number of sulfone groups is 1. The maximum atomic E-state index is 12.0. The monoisotopic (exact) mass is 423 g/mol. The number of carbonyl (C=O) groups excluding carboxylic acids is 2. The van der Waals surface area contributed by atoms with Gasteiger partial charge < -0.3 is 9.47 Å². The second-order valence-electron chi connectivity index (χ2n) is 4.46. The zero-order chi connectivity index (χ0) is 18.3. The number of halogens is 1. The largest absolute Gasteiger partial charge is 0.450 e. The molecule has 0 fully saturated rings. The van der Waals surface area contributed by atoms with Crippen LogP contribution < -0.4 is 10.6 Å². The molecule has 0 aliphatic carbocycles. The molecule has 0 saturated heterocycles. The molecule has 2 amide bonds. The van der Waals surface area contributed by atoms with E-state index in [-0.39, 0.29) is 28.4 Å². The highest BCUT2D eigenvalue weighted by Crippen LogP contribution is 2.22. The fourth-order valence-electron chi connectivity index (χ4n) is 1.72. The van der Waals surface area contributed by atoms with Crippen molar-refractivity contribution in [3.05, 3.63) is 22.3 Å². The minimum atomic E-state index is -3.72. The van der Waals surface area contributed by atoms with Crippen LogP contribution in [0.3, 0.4) is 0 Å². The predicted molar refractivity (Wildman–Crippen MR) is 88.1 cm³/mol. The van der Waals surface area contributed by atoms with Gasteiger partial charge in [0, 0.05) is 11.8 Å². The van der Waals surface area contributed by atoms with Crippen LogP contribution in [0.5, 0.6) is 0 Å². The van der Waals surface area contributed by atoms with Gasteiger partial charge in [0.05, 0.1) is 13.2 Å². The van der Waals surface area contributed by atoms with E-state index >= 15 is 0 Å². The lowest BCUT2D eigenvalue weighted by Gasteiger charge is -2.21. The van der Waals surface area contributed by atoms with E-state index in [1.807, 2.05) is 0 Å². The lowest BCUT2D eigenvalue weighted by atomic mass is 10.2. The Morgan fingerprint density at radius 3 is 2.08 bits per heavy atom. The molecular weight excluding hydrogens is 406 g/mol. The van der Waals surface area contributed by atoms with Crippen LogP contribution in [0.4, 0.5) is 9.59 Å². The fourth-order valence-corrected chi connectivity index (χ4v) is 3.02. The molecule has 1 heterocycles. The summed E-state index contributed by atoms with van der Waals surface area (Å²) in [5, 5.41) is 4.43. The molecule has 0 saturated carbocycles. The number of carbonyl (C=O) groups is 2. The van der Waals surface area contributed by atoms with Crippen molar-refractivity contribution in [2.24, 2.45) is 0 Å². The molecule has 0 spiro atoms. The van der Waals surface area contributed by atoms with Gasteiger partial charge in [-0.05, 0) is 41.9 Å². The van der Waals surface area contributed by atoms with Crippen molar-refractivity contribution in [2.45, 2.75) is 25.0 Å². The number of amides is 2. The number of hydrogen-bond donors (Lipinski definition) is 2. The highest BCUT2D eigenvalue weighted by atomic mass is 79.9. The number of alkyl carbamates (subject to hydrolysis) is 2. The third-order valence-corrected chi connectivity index (χ3v) is 4.06. The van der Waals surface area contributed by atoms with E-state index in [2.05, 4.69) is 31.5 Å². The topological polar surface area (TPSA) is 124 Å². The zero-order valence-corrected chi connectivity index (χ0v) is 15.7. The summed E-state index contributed by atoms with van der Waals surface area (Å²) in [7, 11) is -3.72. The lowest BCUT2D eigenvalue weighted by Crippen LogP contribution is -2.42. The van der Waals surface area contributed by atoms with Gasteiger partial charge in [0.2, 0.25) is 0 Å². The number of ether oxygens (including phenoxy) is 2. The maximum absolute atomic E-state index is 12.0. The summed E-state index contributed by atoms with van der Waals surface area (Å²) in [6.45, 7) is 3.43. The summed E-state index contributed by atoms with van der Waals surface area (Å²) >= 11 is 3.09. The molecule has 0 unspecified atom stereocenters. The molecule has 1 rings (SSSR count). The van der Waals surface area contributed by atoms with Gasteiger partial charge in [-0.2, -0.15) is 0 Å². The quantitative estimate of drug-likeness (QED) is 0.527. The predicted octanol–water partition coefficient (Wildman–Crippen LogP) is 1.74. The normalized spacial score (nSPS) is 11.0. The summed E-state index contributed by atoms with van der Waals surface area (Å²) < 4.78 is 33.7. The van der Waals surface area contributed by atoms with Gasteiger partial charge in [0.1, 0.15) is 10.8 Å². The van der Waals surface area contributed by atoms with Crippen molar-refractivity contribution >= 4 is 38.0 Å². The van der Waals surface area contributed by atoms with Gasteiger partial charge in [-0.3, -0.25) is 10.6 Å². The molecule has 11 heteroatoms. The van der Waals surface area contributed by atoms with Crippen molar-refractivity contribution < 1.29 is 27.5 Å². The molecule has 0 atom stereocenters. The molecule has 0 aliphatic heterocycles. The van der Waals surface area contributed by atoms with E-state index < -0.39 is 28.2 Å². The minimum Gasteiger partial charge on any atom is -0.450 e. The number of pyridine rings is 1. The van der Waals surface area contributed by atoms with E-state index in [9.17, 15) is 18.0 Å².